The summed E-state index contributed by atoms with van der Waals surface area (Å²) in [7, 11) is 0. The Bertz CT molecular complexity index is 362. The quantitative estimate of drug-likeness (QED) is 0.710. The van der Waals surface area contributed by atoms with E-state index in [2.05, 4.69) is 86.8 Å². The van der Waals surface area contributed by atoms with Crippen LogP contribution in [0.5, 0.6) is 0 Å². The number of halogens is 1. The van der Waals surface area contributed by atoms with Crippen molar-refractivity contribution in [2.75, 3.05) is 13.1 Å². The van der Waals surface area contributed by atoms with Crippen molar-refractivity contribution >= 4 is 22.6 Å². The summed E-state index contributed by atoms with van der Waals surface area (Å²) in [6, 6.07) is 8.94. The molecule has 1 aromatic rings. The summed E-state index contributed by atoms with van der Waals surface area (Å²) in [6.45, 7) is 13.8. The van der Waals surface area contributed by atoms with E-state index in [1.54, 1.807) is 0 Å². The minimum atomic E-state index is 0.340. The van der Waals surface area contributed by atoms with Crippen LogP contribution in [0.4, 0.5) is 0 Å². The van der Waals surface area contributed by atoms with E-state index in [-0.39, 0.29) is 0 Å². The summed E-state index contributed by atoms with van der Waals surface area (Å²) >= 11 is 2.36. The highest BCUT2D eigenvalue weighted by molar-refractivity contribution is 14.1. The molecule has 1 rings (SSSR count). The molecule has 108 valence electrons. The molecule has 2 heteroatoms. The Labute approximate surface area is 132 Å². The zero-order valence-corrected chi connectivity index (χ0v) is 15.1. The fourth-order valence-electron chi connectivity index (χ4n) is 2.14. The maximum atomic E-state index is 3.62. The highest BCUT2D eigenvalue weighted by Crippen LogP contribution is 2.28. The highest BCUT2D eigenvalue weighted by atomic mass is 127. The van der Waals surface area contributed by atoms with Crippen molar-refractivity contribution in [1.29, 1.82) is 0 Å². The van der Waals surface area contributed by atoms with Crippen LogP contribution in [0.2, 0.25) is 0 Å². The van der Waals surface area contributed by atoms with Gasteiger partial charge in [0.25, 0.3) is 0 Å². The van der Waals surface area contributed by atoms with E-state index in [4.69, 9.17) is 0 Å². The van der Waals surface area contributed by atoms with Crippen LogP contribution >= 0.6 is 22.6 Å². The summed E-state index contributed by atoms with van der Waals surface area (Å²) in [4.78, 5) is 0. The summed E-state index contributed by atoms with van der Waals surface area (Å²) < 4.78 is 1.31. The standard InChI is InChI=1S/C17H28IN/c1-13(2)11-19-12-15(17(3,4)5)10-14-6-8-16(18)9-7-14/h6-9,13,15,19H,10-12H2,1-5H3. The van der Waals surface area contributed by atoms with Crippen molar-refractivity contribution in [2.24, 2.45) is 17.3 Å². The smallest absolute Gasteiger partial charge is 0.0130 e. The summed E-state index contributed by atoms with van der Waals surface area (Å²) in [5.74, 6) is 1.39. The predicted molar refractivity (Wildman–Crippen MR) is 93.5 cm³/mol. The van der Waals surface area contributed by atoms with E-state index in [1.807, 2.05) is 0 Å². The van der Waals surface area contributed by atoms with Crippen LogP contribution in [0.1, 0.15) is 40.2 Å². The normalized spacial score (nSPS) is 13.8. The van der Waals surface area contributed by atoms with Gasteiger partial charge in [-0.1, -0.05) is 46.8 Å². The molecule has 0 spiro atoms. The Morgan fingerprint density at radius 3 is 2.11 bits per heavy atom. The van der Waals surface area contributed by atoms with E-state index in [0.29, 0.717) is 11.3 Å². The fraction of sp³-hybridized carbons (Fsp3) is 0.647. The number of rotatable bonds is 6. The number of nitrogens with one attached hydrogen (secondary N) is 1. The van der Waals surface area contributed by atoms with Crippen LogP contribution in [0, 0.1) is 20.8 Å². The molecule has 19 heavy (non-hydrogen) atoms. The molecule has 0 radical (unpaired) electrons. The monoisotopic (exact) mass is 373 g/mol. The van der Waals surface area contributed by atoms with Crippen LogP contribution in [0.15, 0.2) is 24.3 Å². The van der Waals surface area contributed by atoms with Gasteiger partial charge in [-0.15, -0.1) is 0 Å². The van der Waals surface area contributed by atoms with Crippen LogP contribution < -0.4 is 5.32 Å². The Morgan fingerprint density at radius 1 is 1.05 bits per heavy atom. The van der Waals surface area contributed by atoms with Gasteiger partial charge in [0.15, 0.2) is 0 Å². The minimum absolute atomic E-state index is 0.340. The summed E-state index contributed by atoms with van der Waals surface area (Å²) in [5.41, 5.74) is 1.79. The van der Waals surface area contributed by atoms with Crippen molar-refractivity contribution in [3.63, 3.8) is 0 Å². The predicted octanol–water partition coefficient (Wildman–Crippen LogP) is 4.74. The second-order valence-corrected chi connectivity index (χ2v) is 8.19. The van der Waals surface area contributed by atoms with Gasteiger partial charge >= 0.3 is 0 Å². The third kappa shape index (κ3) is 6.75. The van der Waals surface area contributed by atoms with Gasteiger partial charge in [0, 0.05) is 3.57 Å². The molecule has 0 saturated carbocycles. The van der Waals surface area contributed by atoms with Gasteiger partial charge in [-0.3, -0.25) is 0 Å². The number of hydrogen-bond donors (Lipinski definition) is 1. The highest BCUT2D eigenvalue weighted by Gasteiger charge is 2.24. The van der Waals surface area contributed by atoms with Crippen molar-refractivity contribution in [3.05, 3.63) is 33.4 Å². The van der Waals surface area contributed by atoms with Crippen LogP contribution in [-0.2, 0) is 6.42 Å². The van der Waals surface area contributed by atoms with Crippen LogP contribution in [-0.4, -0.2) is 13.1 Å². The lowest BCUT2D eigenvalue weighted by Crippen LogP contribution is -2.35. The lowest BCUT2D eigenvalue weighted by atomic mass is 9.77. The zero-order valence-electron chi connectivity index (χ0n) is 13.0. The molecular formula is C17H28IN. The second-order valence-electron chi connectivity index (χ2n) is 6.95. The average Bonchev–Trinajstić information content (AvgIpc) is 2.28. The van der Waals surface area contributed by atoms with Crippen molar-refractivity contribution < 1.29 is 0 Å². The van der Waals surface area contributed by atoms with Crippen molar-refractivity contribution in [2.45, 2.75) is 41.0 Å². The molecule has 0 aromatic heterocycles. The molecule has 0 aliphatic rings. The second kappa shape index (κ2) is 7.63. The third-order valence-electron chi connectivity index (χ3n) is 3.56. The molecule has 0 aliphatic carbocycles. The number of hydrogen-bond acceptors (Lipinski definition) is 1. The van der Waals surface area contributed by atoms with E-state index in [9.17, 15) is 0 Å². The molecule has 0 aliphatic heterocycles. The molecule has 1 atom stereocenters. The maximum Gasteiger partial charge on any atom is 0.0130 e. The average molecular weight is 373 g/mol. The van der Waals surface area contributed by atoms with Gasteiger partial charge in [0.1, 0.15) is 0 Å². The zero-order chi connectivity index (χ0) is 14.5. The van der Waals surface area contributed by atoms with Crippen LogP contribution in [0.25, 0.3) is 0 Å². The van der Waals surface area contributed by atoms with Crippen LogP contribution in [0.3, 0.4) is 0 Å². The Balaban J connectivity index is 2.62. The first-order valence-electron chi connectivity index (χ1n) is 7.24. The first kappa shape index (κ1) is 17.0. The maximum absolute atomic E-state index is 3.62. The molecular weight excluding hydrogens is 345 g/mol. The molecule has 1 unspecified atom stereocenters. The lowest BCUT2D eigenvalue weighted by Gasteiger charge is -2.31. The Hall–Kier alpha value is -0.0900. The van der Waals surface area contributed by atoms with Gasteiger partial charge in [0.2, 0.25) is 0 Å². The minimum Gasteiger partial charge on any atom is -0.316 e. The molecule has 1 N–H and O–H groups in total. The molecule has 0 amide bonds. The van der Waals surface area contributed by atoms with Gasteiger partial charge in [-0.2, -0.15) is 0 Å². The molecule has 0 bridgehead atoms. The largest absolute Gasteiger partial charge is 0.316 e. The molecule has 1 nitrogen and oxygen atoms in total. The number of benzene rings is 1. The summed E-state index contributed by atoms with van der Waals surface area (Å²) in [5, 5.41) is 3.62. The topological polar surface area (TPSA) is 12.0 Å². The van der Waals surface area contributed by atoms with Crippen molar-refractivity contribution in [3.8, 4) is 0 Å². The van der Waals surface area contributed by atoms with E-state index in [0.717, 1.165) is 25.4 Å². The Kier molecular flexibility index (Phi) is 6.81. The van der Waals surface area contributed by atoms with Gasteiger partial charge in [-0.05, 0) is 77.0 Å². The Morgan fingerprint density at radius 2 is 1.63 bits per heavy atom. The molecule has 0 heterocycles. The molecule has 0 fully saturated rings. The molecule has 0 saturated heterocycles. The van der Waals surface area contributed by atoms with Gasteiger partial charge < -0.3 is 5.32 Å². The van der Waals surface area contributed by atoms with Gasteiger partial charge in [0.05, 0.1) is 0 Å². The third-order valence-corrected chi connectivity index (χ3v) is 4.28. The van der Waals surface area contributed by atoms with E-state index < -0.39 is 0 Å². The van der Waals surface area contributed by atoms with E-state index >= 15 is 0 Å². The van der Waals surface area contributed by atoms with Crippen molar-refractivity contribution in [1.82, 2.24) is 5.32 Å². The molecule has 1 aromatic carbocycles. The van der Waals surface area contributed by atoms with E-state index in [1.165, 1.54) is 9.13 Å². The van der Waals surface area contributed by atoms with Gasteiger partial charge in [-0.25, -0.2) is 0 Å². The lowest BCUT2D eigenvalue weighted by molar-refractivity contribution is 0.228. The fourth-order valence-corrected chi connectivity index (χ4v) is 2.50. The first-order valence-corrected chi connectivity index (χ1v) is 8.32. The summed E-state index contributed by atoms with van der Waals surface area (Å²) in [6.07, 6.45) is 1.16. The first-order chi connectivity index (χ1) is 8.79. The SMILES string of the molecule is CC(C)CNCC(Cc1ccc(I)cc1)C(C)(C)C.